The zero-order valence-electron chi connectivity index (χ0n) is 16.3. The minimum atomic E-state index is -0.834. The monoisotopic (exact) mass is 389 g/mol. The van der Waals surface area contributed by atoms with Gasteiger partial charge in [0.2, 0.25) is 5.91 Å². The minimum absolute atomic E-state index is 0.0264. The number of carboxylic acids is 1. The van der Waals surface area contributed by atoms with Gasteiger partial charge in [0.15, 0.2) is 6.10 Å². The number of hydrogen-bond donors (Lipinski definition) is 2. The van der Waals surface area contributed by atoms with Crippen molar-refractivity contribution in [3.8, 4) is 5.75 Å². The number of para-hydroxylation sites is 2. The molecule has 1 saturated carbocycles. The highest BCUT2D eigenvalue weighted by Gasteiger charge is 2.35. The normalized spacial score (nSPS) is 23.6. The van der Waals surface area contributed by atoms with Crippen LogP contribution < -0.4 is 15.0 Å². The van der Waals surface area contributed by atoms with Crippen LogP contribution in [0.3, 0.4) is 0 Å². The molecular formula is C20H27N3O5. The summed E-state index contributed by atoms with van der Waals surface area (Å²) in [5.41, 5.74) is 0.689. The molecule has 2 aliphatic rings. The Labute approximate surface area is 164 Å². The molecule has 0 radical (unpaired) electrons. The zero-order chi connectivity index (χ0) is 20.3. The van der Waals surface area contributed by atoms with Crippen molar-refractivity contribution in [2.24, 2.45) is 0 Å². The molecule has 0 bridgehead atoms. The largest absolute Gasteiger partial charge is 0.480 e. The van der Waals surface area contributed by atoms with Gasteiger partial charge >= 0.3 is 5.97 Å². The van der Waals surface area contributed by atoms with Crippen molar-refractivity contribution in [2.45, 2.75) is 51.3 Å². The van der Waals surface area contributed by atoms with E-state index in [-0.39, 0.29) is 36.9 Å². The predicted octanol–water partition coefficient (Wildman–Crippen LogP) is 1.24. The van der Waals surface area contributed by atoms with E-state index in [0.29, 0.717) is 24.5 Å². The van der Waals surface area contributed by atoms with Crippen LogP contribution in [0.15, 0.2) is 24.3 Å². The van der Waals surface area contributed by atoms with E-state index in [0.717, 1.165) is 12.8 Å². The molecule has 8 heteroatoms. The predicted molar refractivity (Wildman–Crippen MR) is 103 cm³/mol. The van der Waals surface area contributed by atoms with Crippen molar-refractivity contribution in [3.63, 3.8) is 0 Å². The van der Waals surface area contributed by atoms with E-state index in [2.05, 4.69) is 5.32 Å². The van der Waals surface area contributed by atoms with Gasteiger partial charge in [-0.3, -0.25) is 19.3 Å². The van der Waals surface area contributed by atoms with Crippen LogP contribution in [0, 0.1) is 0 Å². The number of carboxylic acid groups (broad SMARTS) is 1. The maximum absolute atomic E-state index is 12.4. The van der Waals surface area contributed by atoms with E-state index < -0.39 is 12.1 Å². The van der Waals surface area contributed by atoms with Crippen LogP contribution in [0.2, 0.25) is 0 Å². The summed E-state index contributed by atoms with van der Waals surface area (Å²) in [7, 11) is 0. The van der Waals surface area contributed by atoms with E-state index >= 15 is 0 Å². The number of rotatable bonds is 8. The number of nitrogens with one attached hydrogen (secondary N) is 1. The SMILES string of the molecule is CCN(CC(=O)O)C1CC(NC(=O)CCN2C(=O)C(C)Oc3ccccc32)C1. The maximum atomic E-state index is 12.4. The van der Waals surface area contributed by atoms with E-state index in [1.807, 2.05) is 36.1 Å². The van der Waals surface area contributed by atoms with Gasteiger partial charge in [0.1, 0.15) is 5.75 Å². The third-order valence-electron chi connectivity index (χ3n) is 5.38. The Morgan fingerprint density at radius 2 is 2.04 bits per heavy atom. The number of aliphatic carboxylic acids is 1. The van der Waals surface area contributed by atoms with Crippen molar-refractivity contribution >= 4 is 23.5 Å². The first-order valence-corrected chi connectivity index (χ1v) is 9.71. The Bertz CT molecular complexity index is 747. The van der Waals surface area contributed by atoms with Gasteiger partial charge in [-0.1, -0.05) is 19.1 Å². The number of ether oxygens (including phenoxy) is 1. The van der Waals surface area contributed by atoms with Gasteiger partial charge in [0, 0.05) is 25.0 Å². The van der Waals surface area contributed by atoms with Crippen LogP contribution in [0.25, 0.3) is 0 Å². The molecule has 28 heavy (non-hydrogen) atoms. The molecule has 0 spiro atoms. The van der Waals surface area contributed by atoms with Crippen molar-refractivity contribution in [1.29, 1.82) is 0 Å². The Balaban J connectivity index is 1.48. The molecule has 1 aromatic rings. The highest BCUT2D eigenvalue weighted by molar-refractivity contribution is 6.00. The van der Waals surface area contributed by atoms with Gasteiger partial charge in [-0.15, -0.1) is 0 Å². The van der Waals surface area contributed by atoms with E-state index in [1.165, 1.54) is 0 Å². The molecule has 1 atom stereocenters. The third-order valence-corrected chi connectivity index (χ3v) is 5.38. The van der Waals surface area contributed by atoms with Crippen LogP contribution in [0.1, 0.15) is 33.1 Å². The summed E-state index contributed by atoms with van der Waals surface area (Å²) in [5.74, 6) is -0.439. The first kappa shape index (κ1) is 20.1. The standard InChI is InChI=1S/C20H27N3O5/c1-3-22(12-19(25)26)15-10-14(11-15)21-18(24)8-9-23-16-6-4-5-7-17(16)28-13(2)20(23)27/h4-7,13-15H,3,8-12H2,1-2H3,(H,21,24)(H,25,26). The fourth-order valence-electron chi connectivity index (χ4n) is 3.78. The van der Waals surface area contributed by atoms with Gasteiger partial charge < -0.3 is 20.1 Å². The Kier molecular flexibility index (Phi) is 6.18. The van der Waals surface area contributed by atoms with Crippen molar-refractivity contribution in [3.05, 3.63) is 24.3 Å². The second kappa shape index (κ2) is 8.60. The van der Waals surface area contributed by atoms with E-state index in [9.17, 15) is 14.4 Å². The lowest BCUT2D eigenvalue weighted by molar-refractivity contribution is -0.140. The number of likely N-dealkylation sites (N-methyl/N-ethyl adjacent to an activating group) is 1. The molecule has 2 amide bonds. The topological polar surface area (TPSA) is 99.2 Å². The second-order valence-electron chi connectivity index (χ2n) is 7.31. The van der Waals surface area contributed by atoms with Crippen LogP contribution in [-0.4, -0.2) is 65.6 Å². The molecule has 1 aliphatic carbocycles. The molecule has 3 rings (SSSR count). The van der Waals surface area contributed by atoms with Gasteiger partial charge in [0.05, 0.1) is 12.2 Å². The molecule has 8 nitrogen and oxygen atoms in total. The average Bonchev–Trinajstić information content (AvgIpc) is 2.63. The summed E-state index contributed by atoms with van der Waals surface area (Å²) in [6.07, 6.45) is 1.15. The Morgan fingerprint density at radius 1 is 1.32 bits per heavy atom. The Morgan fingerprint density at radius 3 is 2.71 bits per heavy atom. The summed E-state index contributed by atoms with van der Waals surface area (Å²) in [4.78, 5) is 39.2. The molecule has 1 unspecified atom stereocenters. The van der Waals surface area contributed by atoms with Crippen LogP contribution in [0.5, 0.6) is 5.75 Å². The molecule has 2 N–H and O–H groups in total. The minimum Gasteiger partial charge on any atom is -0.480 e. The molecule has 1 aromatic carbocycles. The summed E-state index contributed by atoms with van der Waals surface area (Å²) in [6.45, 7) is 4.64. The lowest BCUT2D eigenvalue weighted by atomic mass is 9.85. The highest BCUT2D eigenvalue weighted by atomic mass is 16.5. The van der Waals surface area contributed by atoms with Gasteiger partial charge in [0.25, 0.3) is 5.91 Å². The first-order chi connectivity index (χ1) is 13.4. The molecule has 0 aromatic heterocycles. The fraction of sp³-hybridized carbons (Fsp3) is 0.550. The van der Waals surface area contributed by atoms with Crippen molar-refractivity contribution < 1.29 is 24.2 Å². The number of hydrogen-bond acceptors (Lipinski definition) is 5. The molecule has 1 fully saturated rings. The lowest BCUT2D eigenvalue weighted by Crippen LogP contribution is -2.55. The molecule has 1 heterocycles. The van der Waals surface area contributed by atoms with Crippen molar-refractivity contribution in [1.82, 2.24) is 10.2 Å². The number of anilines is 1. The maximum Gasteiger partial charge on any atom is 0.317 e. The number of nitrogens with zero attached hydrogens (tertiary/aromatic N) is 2. The number of amides is 2. The van der Waals surface area contributed by atoms with E-state index in [1.54, 1.807) is 11.8 Å². The molecule has 0 saturated heterocycles. The second-order valence-corrected chi connectivity index (χ2v) is 7.31. The summed E-state index contributed by atoms with van der Waals surface area (Å²) >= 11 is 0. The van der Waals surface area contributed by atoms with Crippen LogP contribution in [0.4, 0.5) is 5.69 Å². The van der Waals surface area contributed by atoms with E-state index in [4.69, 9.17) is 9.84 Å². The Hall–Kier alpha value is -2.61. The van der Waals surface area contributed by atoms with Gasteiger partial charge in [-0.05, 0) is 38.4 Å². The quantitative estimate of drug-likeness (QED) is 0.694. The van der Waals surface area contributed by atoms with Gasteiger partial charge in [-0.2, -0.15) is 0 Å². The number of benzene rings is 1. The molecule has 1 aliphatic heterocycles. The fourth-order valence-corrected chi connectivity index (χ4v) is 3.78. The number of carbonyl (C=O) groups is 3. The van der Waals surface area contributed by atoms with Gasteiger partial charge in [-0.25, -0.2) is 0 Å². The first-order valence-electron chi connectivity index (χ1n) is 9.71. The molecular weight excluding hydrogens is 362 g/mol. The number of fused-ring (bicyclic) bond motifs is 1. The number of carbonyl (C=O) groups excluding carboxylic acids is 2. The van der Waals surface area contributed by atoms with Crippen molar-refractivity contribution in [2.75, 3.05) is 24.5 Å². The smallest absolute Gasteiger partial charge is 0.317 e. The molecule has 152 valence electrons. The summed E-state index contributed by atoms with van der Waals surface area (Å²) in [5, 5.41) is 11.9. The summed E-state index contributed by atoms with van der Waals surface area (Å²) < 4.78 is 5.61. The lowest BCUT2D eigenvalue weighted by Gasteiger charge is -2.42. The zero-order valence-corrected chi connectivity index (χ0v) is 16.3. The highest BCUT2D eigenvalue weighted by Crippen LogP contribution is 2.33. The van der Waals surface area contributed by atoms with Crippen LogP contribution in [-0.2, 0) is 14.4 Å². The third kappa shape index (κ3) is 4.44. The average molecular weight is 389 g/mol. The summed E-state index contributed by atoms with van der Waals surface area (Å²) in [6, 6.07) is 7.57. The van der Waals surface area contributed by atoms with Crippen LogP contribution >= 0.6 is 0 Å².